The summed E-state index contributed by atoms with van der Waals surface area (Å²) in [6.45, 7) is 4.37. The first-order chi connectivity index (χ1) is 13.7. The Bertz CT molecular complexity index is 1120. The lowest BCUT2D eigenvalue weighted by molar-refractivity contribution is -0.129. The Morgan fingerprint density at radius 1 is 1.07 bits per heavy atom. The van der Waals surface area contributed by atoms with Crippen LogP contribution in [0.1, 0.15) is 22.5 Å². The maximum Gasteiger partial charge on any atom is 0.238 e. The van der Waals surface area contributed by atoms with Crippen molar-refractivity contribution in [1.29, 1.82) is 0 Å². The number of carbonyl (C=O) groups is 1. The number of nitrogens with two attached hydrogens (primary N) is 1. The van der Waals surface area contributed by atoms with Gasteiger partial charge >= 0.3 is 0 Å². The number of likely N-dealkylation sites (N-methyl/N-ethyl adjacent to an activating group) is 1. The third kappa shape index (κ3) is 4.72. The van der Waals surface area contributed by atoms with Crippen LogP contribution in [-0.2, 0) is 27.8 Å². The van der Waals surface area contributed by atoms with E-state index in [0.717, 1.165) is 28.2 Å². The maximum atomic E-state index is 12.7. The molecule has 1 aromatic heterocycles. The number of hydrogen-bond donors (Lipinski definition) is 1. The van der Waals surface area contributed by atoms with Gasteiger partial charge in [-0.3, -0.25) is 4.79 Å². The van der Waals surface area contributed by atoms with Crippen molar-refractivity contribution in [3.63, 3.8) is 0 Å². The number of aromatic nitrogens is 2. The van der Waals surface area contributed by atoms with Gasteiger partial charge in [0.05, 0.1) is 22.7 Å². The highest BCUT2D eigenvalue weighted by Crippen LogP contribution is 2.19. The fourth-order valence-electron chi connectivity index (χ4n) is 3.16. The van der Waals surface area contributed by atoms with E-state index in [1.54, 1.807) is 24.1 Å². The average Bonchev–Trinajstić information content (AvgIpc) is 2.96. The number of primary sulfonamides is 1. The second kappa shape index (κ2) is 8.18. The predicted octanol–water partition coefficient (Wildman–Crippen LogP) is 2.34. The normalized spacial score (nSPS) is 11.4. The molecule has 2 N–H and O–H groups in total. The third-order valence-electron chi connectivity index (χ3n) is 4.87. The van der Waals surface area contributed by atoms with Gasteiger partial charge in [-0.1, -0.05) is 30.3 Å². The van der Waals surface area contributed by atoms with E-state index in [-0.39, 0.29) is 17.2 Å². The third-order valence-corrected chi connectivity index (χ3v) is 5.80. The number of aryl methyl sites for hydroxylation is 1. The van der Waals surface area contributed by atoms with E-state index in [4.69, 9.17) is 5.14 Å². The summed E-state index contributed by atoms with van der Waals surface area (Å²) < 4.78 is 24.6. The quantitative estimate of drug-likeness (QED) is 0.672. The van der Waals surface area contributed by atoms with E-state index in [1.165, 1.54) is 12.1 Å². The first kappa shape index (κ1) is 20.8. The minimum absolute atomic E-state index is 0.0293. The van der Waals surface area contributed by atoms with Gasteiger partial charge in [0.15, 0.2) is 0 Å². The average molecular weight is 413 g/mol. The van der Waals surface area contributed by atoms with E-state index in [0.29, 0.717) is 6.54 Å². The molecule has 0 unspecified atom stereocenters. The molecule has 152 valence electrons. The Morgan fingerprint density at radius 3 is 2.28 bits per heavy atom. The maximum absolute atomic E-state index is 12.7. The minimum atomic E-state index is -3.74. The van der Waals surface area contributed by atoms with E-state index < -0.39 is 10.0 Å². The number of para-hydroxylation sites is 1. The molecular weight excluding hydrogens is 388 g/mol. The molecule has 29 heavy (non-hydrogen) atoms. The highest BCUT2D eigenvalue weighted by molar-refractivity contribution is 7.89. The van der Waals surface area contributed by atoms with Crippen molar-refractivity contribution in [3.05, 3.63) is 77.1 Å². The summed E-state index contributed by atoms with van der Waals surface area (Å²) in [7, 11) is -1.99. The zero-order valence-electron chi connectivity index (χ0n) is 16.7. The highest BCUT2D eigenvalue weighted by atomic mass is 32.2. The van der Waals surface area contributed by atoms with Crippen LogP contribution in [0, 0.1) is 13.8 Å². The molecule has 7 nitrogen and oxygen atoms in total. The molecule has 0 aliphatic rings. The largest absolute Gasteiger partial charge is 0.341 e. The molecule has 8 heteroatoms. The second-order valence-electron chi connectivity index (χ2n) is 7.01. The number of nitrogens with zero attached hydrogens (tertiary/aromatic N) is 3. The molecule has 0 aliphatic heterocycles. The minimum Gasteiger partial charge on any atom is -0.341 e. The molecule has 0 atom stereocenters. The van der Waals surface area contributed by atoms with Crippen molar-refractivity contribution in [1.82, 2.24) is 14.7 Å². The Balaban J connectivity index is 1.72. The summed E-state index contributed by atoms with van der Waals surface area (Å²) in [5.74, 6) is -0.0698. The van der Waals surface area contributed by atoms with Crippen molar-refractivity contribution < 1.29 is 13.2 Å². The molecule has 1 heterocycles. The zero-order valence-corrected chi connectivity index (χ0v) is 17.5. The smallest absolute Gasteiger partial charge is 0.238 e. The van der Waals surface area contributed by atoms with Gasteiger partial charge in [-0.2, -0.15) is 5.10 Å². The molecule has 0 saturated heterocycles. The van der Waals surface area contributed by atoms with Gasteiger partial charge in [0.25, 0.3) is 0 Å². The SMILES string of the molecule is Cc1nn(-c2ccccc2)c(C)c1CN(C)C(=O)Cc1ccc(S(N)(=O)=O)cc1. The molecule has 0 saturated carbocycles. The van der Waals surface area contributed by atoms with Gasteiger partial charge in [0.1, 0.15) is 0 Å². The molecular formula is C21H24N4O3S. The van der Waals surface area contributed by atoms with Crippen LogP contribution in [0.5, 0.6) is 0 Å². The molecule has 0 radical (unpaired) electrons. The Hall–Kier alpha value is -2.97. The molecule has 0 spiro atoms. The Kier molecular flexibility index (Phi) is 5.86. The van der Waals surface area contributed by atoms with E-state index in [9.17, 15) is 13.2 Å². The Morgan fingerprint density at radius 2 is 1.69 bits per heavy atom. The van der Waals surface area contributed by atoms with Crippen LogP contribution < -0.4 is 5.14 Å². The number of rotatable bonds is 6. The molecule has 0 bridgehead atoms. The number of hydrogen-bond acceptors (Lipinski definition) is 4. The van der Waals surface area contributed by atoms with Crippen LogP contribution in [-0.4, -0.2) is 36.1 Å². The summed E-state index contributed by atoms with van der Waals surface area (Å²) >= 11 is 0. The van der Waals surface area contributed by atoms with Gasteiger partial charge in [0, 0.05) is 24.8 Å². The van der Waals surface area contributed by atoms with E-state index in [1.807, 2.05) is 48.9 Å². The fourth-order valence-corrected chi connectivity index (χ4v) is 3.67. The van der Waals surface area contributed by atoms with Crippen molar-refractivity contribution in [2.45, 2.75) is 31.7 Å². The van der Waals surface area contributed by atoms with Crippen LogP contribution in [0.25, 0.3) is 5.69 Å². The van der Waals surface area contributed by atoms with E-state index in [2.05, 4.69) is 5.10 Å². The lowest BCUT2D eigenvalue weighted by Gasteiger charge is -2.18. The summed E-state index contributed by atoms with van der Waals surface area (Å²) in [5, 5.41) is 9.72. The lowest BCUT2D eigenvalue weighted by Crippen LogP contribution is -2.28. The summed E-state index contributed by atoms with van der Waals surface area (Å²) in [6, 6.07) is 15.9. The lowest BCUT2D eigenvalue weighted by atomic mass is 10.1. The van der Waals surface area contributed by atoms with Crippen molar-refractivity contribution >= 4 is 15.9 Å². The van der Waals surface area contributed by atoms with Gasteiger partial charge < -0.3 is 4.90 Å². The van der Waals surface area contributed by atoms with Crippen molar-refractivity contribution in [2.75, 3.05) is 7.05 Å². The number of amides is 1. The molecule has 0 fully saturated rings. The summed E-state index contributed by atoms with van der Waals surface area (Å²) in [6.07, 6.45) is 0.173. The molecule has 0 aliphatic carbocycles. The van der Waals surface area contributed by atoms with Crippen LogP contribution in [0.4, 0.5) is 0 Å². The fraction of sp³-hybridized carbons (Fsp3) is 0.238. The van der Waals surface area contributed by atoms with Gasteiger partial charge in [0.2, 0.25) is 15.9 Å². The Labute approximate surface area is 170 Å². The zero-order chi connectivity index (χ0) is 21.2. The molecule has 3 rings (SSSR count). The molecule has 3 aromatic rings. The summed E-state index contributed by atoms with van der Waals surface area (Å²) in [4.78, 5) is 14.3. The van der Waals surface area contributed by atoms with Gasteiger partial charge in [-0.25, -0.2) is 18.2 Å². The highest BCUT2D eigenvalue weighted by Gasteiger charge is 2.18. The molecule has 1 amide bonds. The van der Waals surface area contributed by atoms with Crippen LogP contribution >= 0.6 is 0 Å². The second-order valence-corrected chi connectivity index (χ2v) is 8.57. The number of sulfonamides is 1. The monoisotopic (exact) mass is 412 g/mol. The van der Waals surface area contributed by atoms with Crippen LogP contribution in [0.15, 0.2) is 59.5 Å². The summed E-state index contributed by atoms with van der Waals surface area (Å²) in [5.41, 5.74) is 4.58. The first-order valence-corrected chi connectivity index (χ1v) is 10.7. The number of carbonyl (C=O) groups excluding carboxylic acids is 1. The van der Waals surface area contributed by atoms with Crippen molar-refractivity contribution in [2.24, 2.45) is 5.14 Å². The van der Waals surface area contributed by atoms with E-state index >= 15 is 0 Å². The molecule has 2 aromatic carbocycles. The number of benzene rings is 2. The first-order valence-electron chi connectivity index (χ1n) is 9.13. The predicted molar refractivity (Wildman–Crippen MR) is 111 cm³/mol. The van der Waals surface area contributed by atoms with Crippen molar-refractivity contribution in [3.8, 4) is 5.69 Å². The van der Waals surface area contributed by atoms with Gasteiger partial charge in [-0.05, 0) is 43.7 Å². The van der Waals surface area contributed by atoms with Gasteiger partial charge in [-0.15, -0.1) is 0 Å². The van der Waals surface area contributed by atoms with Crippen LogP contribution in [0.2, 0.25) is 0 Å². The standard InChI is InChI=1S/C21H24N4O3S/c1-15-20(16(2)25(23-15)18-7-5-4-6-8-18)14-24(3)21(26)13-17-9-11-19(12-10-17)29(22,27)28/h4-12H,13-14H2,1-3H3,(H2,22,27,28). The topological polar surface area (TPSA) is 98.3 Å². The van der Waals surface area contributed by atoms with Crippen LogP contribution in [0.3, 0.4) is 0 Å².